The molecule has 2 aliphatic carbocycles. The molecule has 0 amide bonds. The van der Waals surface area contributed by atoms with Gasteiger partial charge in [-0.15, -0.1) is 0 Å². The van der Waals surface area contributed by atoms with Crippen molar-refractivity contribution in [3.63, 3.8) is 0 Å². The van der Waals surface area contributed by atoms with Gasteiger partial charge in [-0.25, -0.2) is 4.98 Å². The fourth-order valence-corrected chi connectivity index (χ4v) is 6.39. The summed E-state index contributed by atoms with van der Waals surface area (Å²) >= 11 is 0. The third-order valence-corrected chi connectivity index (χ3v) is 7.37. The van der Waals surface area contributed by atoms with Gasteiger partial charge < -0.3 is 9.64 Å². The molecule has 1 aromatic carbocycles. The molecule has 3 nitrogen and oxygen atoms in total. The Balaban J connectivity index is 1.53. The molecule has 0 spiro atoms. The maximum absolute atomic E-state index is 5.63. The van der Waals surface area contributed by atoms with Gasteiger partial charge in [-0.2, -0.15) is 0 Å². The van der Waals surface area contributed by atoms with Gasteiger partial charge in [-0.05, 0) is 78.8 Å². The molecule has 0 radical (unpaired) electrons. The number of ether oxygens (including phenoxy) is 1. The highest BCUT2D eigenvalue weighted by atomic mass is 16.5. The van der Waals surface area contributed by atoms with Gasteiger partial charge in [0.1, 0.15) is 5.82 Å². The first-order valence-electron chi connectivity index (χ1n) is 10.1. The fourth-order valence-electron chi connectivity index (χ4n) is 6.39. The van der Waals surface area contributed by atoms with Crippen molar-refractivity contribution in [1.29, 1.82) is 0 Å². The van der Waals surface area contributed by atoms with E-state index in [1.807, 2.05) is 7.11 Å². The third-order valence-electron chi connectivity index (χ3n) is 7.37. The van der Waals surface area contributed by atoms with Gasteiger partial charge in [-0.1, -0.05) is 13.8 Å². The van der Waals surface area contributed by atoms with Crippen LogP contribution in [0.25, 0.3) is 10.9 Å². The minimum absolute atomic E-state index is 0.320. The number of methoxy groups -OCH3 is 1. The molecule has 0 bridgehead atoms. The summed E-state index contributed by atoms with van der Waals surface area (Å²) in [4.78, 5) is 7.64. The van der Waals surface area contributed by atoms with Crippen molar-refractivity contribution in [2.75, 3.05) is 31.7 Å². The Hall–Kier alpha value is -1.61. The zero-order valence-corrected chi connectivity index (χ0v) is 16.6. The molecule has 0 N–H and O–H groups in total. The van der Waals surface area contributed by atoms with E-state index in [1.165, 1.54) is 53.3 Å². The van der Waals surface area contributed by atoms with Crippen LogP contribution in [-0.2, 0) is 17.6 Å². The minimum Gasteiger partial charge on any atom is -0.384 e. The Morgan fingerprint density at radius 1 is 1.19 bits per heavy atom. The van der Waals surface area contributed by atoms with Crippen molar-refractivity contribution in [3.05, 3.63) is 34.9 Å². The number of pyridine rings is 1. The van der Waals surface area contributed by atoms with E-state index in [1.54, 1.807) is 0 Å². The molecule has 2 fully saturated rings. The predicted molar refractivity (Wildman–Crippen MR) is 107 cm³/mol. The van der Waals surface area contributed by atoms with Crippen LogP contribution in [0, 0.1) is 23.7 Å². The van der Waals surface area contributed by atoms with E-state index in [2.05, 4.69) is 43.9 Å². The number of fused-ring (bicyclic) bond motifs is 3. The summed E-state index contributed by atoms with van der Waals surface area (Å²) in [5, 5.41) is 1.34. The lowest BCUT2D eigenvalue weighted by atomic mass is 9.48. The number of rotatable bonds is 3. The number of aromatic nitrogens is 1. The molecule has 1 saturated heterocycles. The van der Waals surface area contributed by atoms with Gasteiger partial charge in [0, 0.05) is 31.0 Å². The molecule has 1 aromatic heterocycles. The second-order valence-corrected chi connectivity index (χ2v) is 9.68. The minimum atomic E-state index is 0.320. The first-order valence-corrected chi connectivity index (χ1v) is 10.1. The molecule has 2 aromatic rings. The summed E-state index contributed by atoms with van der Waals surface area (Å²) in [6.07, 6.45) is 5.00. The molecular formula is C23H30N2O. The summed E-state index contributed by atoms with van der Waals surface area (Å²) in [6.45, 7) is 10.1. The first kappa shape index (κ1) is 16.6. The van der Waals surface area contributed by atoms with Crippen LogP contribution < -0.4 is 4.90 Å². The highest BCUT2D eigenvalue weighted by molar-refractivity contribution is 5.86. The largest absolute Gasteiger partial charge is 0.384 e. The summed E-state index contributed by atoms with van der Waals surface area (Å²) in [6, 6.07) is 7.06. The van der Waals surface area contributed by atoms with E-state index in [-0.39, 0.29) is 0 Å². The number of hydrogen-bond acceptors (Lipinski definition) is 3. The zero-order valence-electron chi connectivity index (χ0n) is 16.6. The lowest BCUT2D eigenvalue weighted by Gasteiger charge is -2.56. The molecule has 3 heteroatoms. The van der Waals surface area contributed by atoms with Crippen LogP contribution in [0.3, 0.4) is 0 Å². The molecule has 2 atom stereocenters. The van der Waals surface area contributed by atoms with Crippen molar-refractivity contribution in [3.8, 4) is 0 Å². The Bertz CT molecular complexity index is 887. The maximum atomic E-state index is 5.63. The van der Waals surface area contributed by atoms with E-state index >= 15 is 0 Å². The van der Waals surface area contributed by atoms with Crippen LogP contribution in [0.2, 0.25) is 0 Å². The zero-order chi connectivity index (χ0) is 18.1. The monoisotopic (exact) mass is 350 g/mol. The molecule has 0 unspecified atom stereocenters. The van der Waals surface area contributed by atoms with Crippen LogP contribution in [0.4, 0.5) is 5.82 Å². The van der Waals surface area contributed by atoms with Crippen LogP contribution in [0.15, 0.2) is 18.2 Å². The summed E-state index contributed by atoms with van der Waals surface area (Å²) in [5.41, 5.74) is 6.33. The van der Waals surface area contributed by atoms with Gasteiger partial charge in [0.05, 0.1) is 12.1 Å². The van der Waals surface area contributed by atoms with Crippen LogP contribution in [0.5, 0.6) is 0 Å². The lowest BCUT2D eigenvalue weighted by molar-refractivity contribution is -0.106. The Morgan fingerprint density at radius 2 is 1.96 bits per heavy atom. The Labute approximate surface area is 156 Å². The number of nitrogens with zero attached hydrogens (tertiary/aromatic N) is 2. The number of benzene rings is 1. The summed E-state index contributed by atoms with van der Waals surface area (Å²) < 4.78 is 5.63. The van der Waals surface area contributed by atoms with Crippen molar-refractivity contribution < 1.29 is 4.74 Å². The van der Waals surface area contributed by atoms with Crippen molar-refractivity contribution in [2.24, 2.45) is 16.7 Å². The first-order chi connectivity index (χ1) is 12.4. The van der Waals surface area contributed by atoms with Gasteiger partial charge in [0.2, 0.25) is 0 Å². The summed E-state index contributed by atoms with van der Waals surface area (Å²) in [5.74, 6) is 1.86. The smallest absolute Gasteiger partial charge is 0.129 e. The van der Waals surface area contributed by atoms with Crippen LogP contribution >= 0.6 is 0 Å². The molecular weight excluding hydrogens is 320 g/mol. The van der Waals surface area contributed by atoms with E-state index in [0.29, 0.717) is 16.7 Å². The van der Waals surface area contributed by atoms with E-state index < -0.39 is 0 Å². The fraction of sp³-hybridized carbons (Fsp3) is 0.609. The normalized spacial score (nSPS) is 28.9. The summed E-state index contributed by atoms with van der Waals surface area (Å²) in [7, 11) is 1.85. The topological polar surface area (TPSA) is 25.4 Å². The van der Waals surface area contributed by atoms with E-state index in [4.69, 9.17) is 9.72 Å². The number of anilines is 1. The SMILES string of the molecule is COC[C@@]12CN(c3cc(C)c4cc5c(cc4n3)CCC5)C[C@@H]1C(C)(C)C2. The number of hydrogen-bond donors (Lipinski definition) is 0. The van der Waals surface area contributed by atoms with E-state index in [9.17, 15) is 0 Å². The molecule has 1 saturated carbocycles. The third kappa shape index (κ3) is 2.26. The molecule has 2 heterocycles. The second-order valence-electron chi connectivity index (χ2n) is 9.68. The van der Waals surface area contributed by atoms with Gasteiger partial charge in [-0.3, -0.25) is 0 Å². The Morgan fingerprint density at radius 3 is 2.69 bits per heavy atom. The van der Waals surface area contributed by atoms with Crippen molar-refractivity contribution in [2.45, 2.75) is 46.5 Å². The standard InChI is InChI=1S/C23H30N2O/c1-15-8-21(24-19-10-17-7-5-6-16(17)9-18(15)19)25-11-20-22(2,3)12-23(20,13-25)14-26-4/h8-10,20H,5-7,11-14H2,1-4H3/t20-,23-/m1/s1. The van der Waals surface area contributed by atoms with Crippen molar-refractivity contribution in [1.82, 2.24) is 4.98 Å². The average Bonchev–Trinajstić information content (AvgIpc) is 3.15. The maximum Gasteiger partial charge on any atom is 0.129 e. The predicted octanol–water partition coefficient (Wildman–Crippen LogP) is 4.53. The molecule has 5 rings (SSSR count). The quantitative estimate of drug-likeness (QED) is 0.813. The molecule has 3 aliphatic rings. The van der Waals surface area contributed by atoms with Crippen LogP contribution in [0.1, 0.15) is 43.4 Å². The van der Waals surface area contributed by atoms with Gasteiger partial charge in [0.25, 0.3) is 0 Å². The Kier molecular flexibility index (Phi) is 3.47. The van der Waals surface area contributed by atoms with E-state index in [0.717, 1.165) is 25.5 Å². The molecule has 1 aliphatic heterocycles. The van der Waals surface area contributed by atoms with Gasteiger partial charge >= 0.3 is 0 Å². The van der Waals surface area contributed by atoms with Crippen molar-refractivity contribution >= 4 is 16.7 Å². The highest BCUT2D eigenvalue weighted by Gasteiger charge is 2.62. The van der Waals surface area contributed by atoms with Crippen LogP contribution in [-0.4, -0.2) is 31.8 Å². The highest BCUT2D eigenvalue weighted by Crippen LogP contribution is 2.63. The van der Waals surface area contributed by atoms with Gasteiger partial charge in [0.15, 0.2) is 0 Å². The second kappa shape index (κ2) is 5.45. The lowest BCUT2D eigenvalue weighted by Crippen LogP contribution is -2.55. The number of aryl methyl sites for hydroxylation is 3. The average molecular weight is 351 g/mol. The molecule has 138 valence electrons. The molecule has 26 heavy (non-hydrogen) atoms.